The summed E-state index contributed by atoms with van der Waals surface area (Å²) >= 11 is 0. The second-order valence-electron chi connectivity index (χ2n) is 2.17. The Bertz CT molecular complexity index is 321. The van der Waals surface area contributed by atoms with Crippen molar-refractivity contribution in [2.75, 3.05) is 0 Å². The van der Waals surface area contributed by atoms with E-state index < -0.39 is 23.2 Å². The summed E-state index contributed by atoms with van der Waals surface area (Å²) in [5, 5.41) is 35.0. The van der Waals surface area contributed by atoms with Gasteiger partial charge in [-0.3, -0.25) is 0 Å². The fourth-order valence-corrected chi connectivity index (χ4v) is 0.728. The monoisotopic (exact) mass is 212 g/mol. The van der Waals surface area contributed by atoms with Crippen molar-refractivity contribution >= 4 is 43.7 Å². The minimum atomic E-state index is -1.29. The molecule has 1 rings (SSSR count). The van der Waals surface area contributed by atoms with Crippen LogP contribution in [0.15, 0.2) is 12.1 Å². The predicted molar refractivity (Wildman–Crippen MR) is 46.4 cm³/mol. The summed E-state index contributed by atoms with van der Waals surface area (Å²) in [6.07, 6.45) is 0. The molecule has 68 valence electrons. The Morgan fingerprint density at radius 2 is 1.54 bits per heavy atom. The number of carboxylic acids is 1. The zero-order valence-electron chi connectivity index (χ0n) is 8.56. The third-order valence-electron chi connectivity index (χ3n) is 1.32. The van der Waals surface area contributed by atoms with Crippen molar-refractivity contribution in [3.05, 3.63) is 17.7 Å². The molecule has 0 saturated heterocycles. The second kappa shape index (κ2) is 4.55. The van der Waals surface area contributed by atoms with Crippen LogP contribution in [0.25, 0.3) is 0 Å². The van der Waals surface area contributed by atoms with Gasteiger partial charge in [0.05, 0.1) is 5.56 Å². The summed E-state index contributed by atoms with van der Waals surface area (Å²) in [6.45, 7) is 0. The smallest absolute Gasteiger partial charge is 1.00 e. The first-order valence-electron chi connectivity index (χ1n) is 3.00. The van der Waals surface area contributed by atoms with E-state index in [4.69, 9.17) is 20.4 Å². The van der Waals surface area contributed by atoms with E-state index in [1.807, 2.05) is 0 Å². The van der Waals surface area contributed by atoms with Crippen LogP contribution >= 0.6 is 0 Å². The van der Waals surface area contributed by atoms with Crippen LogP contribution in [-0.2, 0) is 0 Å². The van der Waals surface area contributed by atoms with Crippen molar-refractivity contribution in [3.63, 3.8) is 0 Å². The Morgan fingerprint density at radius 3 is 1.85 bits per heavy atom. The van der Waals surface area contributed by atoms with E-state index in [1.54, 1.807) is 0 Å². The fraction of sp³-hybridized carbons (Fsp3) is 0. The van der Waals surface area contributed by atoms with Crippen LogP contribution in [0.5, 0.6) is 17.2 Å². The molecule has 5 nitrogen and oxygen atoms in total. The first-order chi connectivity index (χ1) is 5.52. The molecule has 0 saturated carbocycles. The predicted octanol–water partition coefficient (Wildman–Crippen LogP) is 0.346. The molecule has 0 radical (unpaired) electrons. The van der Waals surface area contributed by atoms with Crippen molar-refractivity contribution < 1.29 is 28.1 Å². The molecule has 0 spiro atoms. The molecule has 0 aliphatic carbocycles. The molecule has 0 aliphatic heterocycles. The number of aromatic carboxylic acids is 1. The topological polar surface area (TPSA) is 98.0 Å². The Kier molecular flexibility index (Phi) is 4.32. The Labute approximate surface area is 106 Å². The minimum absolute atomic E-state index is 0. The maximum Gasteiger partial charge on any atom is 2.00 e. The van der Waals surface area contributed by atoms with Crippen molar-refractivity contribution in [2.45, 2.75) is 0 Å². The maximum absolute atomic E-state index is 10.3. The van der Waals surface area contributed by atoms with Gasteiger partial charge >= 0.3 is 43.7 Å². The summed E-state index contributed by atoms with van der Waals surface area (Å²) in [4.78, 5) is 10.3. The van der Waals surface area contributed by atoms with Gasteiger partial charge in [0.1, 0.15) is 0 Å². The molecule has 0 amide bonds. The van der Waals surface area contributed by atoms with Gasteiger partial charge in [0.15, 0.2) is 17.2 Å². The summed E-state index contributed by atoms with van der Waals surface area (Å²) in [5.41, 5.74) is -0.289. The van der Waals surface area contributed by atoms with E-state index in [9.17, 15) is 4.79 Å². The number of phenolic OH excluding ortho intramolecular Hbond substituents is 3. The standard InChI is InChI=1S/C7H6O5.Ca.2H/c8-4-1-3(7(11)12)2-5(9)6(4)10;;;/h1-2,8-10H,(H,11,12);;;/q;+2;2*-1. The van der Waals surface area contributed by atoms with E-state index in [0.717, 1.165) is 12.1 Å². The summed E-state index contributed by atoms with van der Waals surface area (Å²) in [5.74, 6) is -3.33. The number of hydrogen-bond donors (Lipinski definition) is 4. The average Bonchev–Trinajstić information content (AvgIpc) is 1.99. The van der Waals surface area contributed by atoms with Gasteiger partial charge in [0, 0.05) is 0 Å². The summed E-state index contributed by atoms with van der Waals surface area (Å²) in [7, 11) is 0. The molecule has 13 heavy (non-hydrogen) atoms. The molecule has 0 atom stereocenters. The summed E-state index contributed by atoms with van der Waals surface area (Å²) < 4.78 is 0. The number of phenols is 3. The van der Waals surface area contributed by atoms with Gasteiger partial charge in [0.25, 0.3) is 0 Å². The normalized spacial score (nSPS) is 8.92. The van der Waals surface area contributed by atoms with Crippen molar-refractivity contribution in [1.82, 2.24) is 0 Å². The van der Waals surface area contributed by atoms with Crippen LogP contribution in [0.3, 0.4) is 0 Å². The van der Waals surface area contributed by atoms with Gasteiger partial charge in [0.2, 0.25) is 0 Å². The van der Waals surface area contributed by atoms with E-state index in [-0.39, 0.29) is 46.2 Å². The number of carbonyl (C=O) groups is 1. The zero-order chi connectivity index (χ0) is 9.30. The molecular weight excluding hydrogens is 204 g/mol. The van der Waals surface area contributed by atoms with Crippen molar-refractivity contribution in [2.24, 2.45) is 0 Å². The minimum Gasteiger partial charge on any atom is -1.00 e. The van der Waals surface area contributed by atoms with Gasteiger partial charge in [-0.2, -0.15) is 0 Å². The molecular formula is C7H8CaO5. The molecule has 0 fully saturated rings. The molecule has 0 aliphatic rings. The first-order valence-corrected chi connectivity index (χ1v) is 3.00. The third kappa shape index (κ3) is 2.65. The molecule has 0 aromatic heterocycles. The quantitative estimate of drug-likeness (QED) is 0.397. The largest absolute Gasteiger partial charge is 2.00 e. The molecule has 0 bridgehead atoms. The van der Waals surface area contributed by atoms with Crippen LogP contribution in [-0.4, -0.2) is 64.1 Å². The molecule has 6 heteroatoms. The van der Waals surface area contributed by atoms with Crippen LogP contribution in [0, 0.1) is 0 Å². The molecule has 0 heterocycles. The van der Waals surface area contributed by atoms with Gasteiger partial charge < -0.3 is 23.3 Å². The first kappa shape index (κ1) is 12.3. The van der Waals surface area contributed by atoms with Crippen LogP contribution < -0.4 is 0 Å². The van der Waals surface area contributed by atoms with E-state index in [0.29, 0.717) is 0 Å². The number of carboxylic acid groups (broad SMARTS) is 1. The Morgan fingerprint density at radius 1 is 1.15 bits per heavy atom. The van der Waals surface area contributed by atoms with Gasteiger partial charge in [-0.25, -0.2) is 4.79 Å². The van der Waals surface area contributed by atoms with E-state index >= 15 is 0 Å². The van der Waals surface area contributed by atoms with Gasteiger partial charge in [-0.1, -0.05) is 0 Å². The van der Waals surface area contributed by atoms with Gasteiger partial charge in [-0.05, 0) is 12.1 Å². The number of hydrogen-bond acceptors (Lipinski definition) is 4. The van der Waals surface area contributed by atoms with Crippen LogP contribution in [0.4, 0.5) is 0 Å². The van der Waals surface area contributed by atoms with Gasteiger partial charge in [-0.15, -0.1) is 0 Å². The second-order valence-corrected chi connectivity index (χ2v) is 2.17. The molecule has 1 aromatic rings. The number of aromatic hydroxyl groups is 3. The van der Waals surface area contributed by atoms with E-state index in [2.05, 4.69) is 0 Å². The fourth-order valence-electron chi connectivity index (χ4n) is 0.728. The third-order valence-corrected chi connectivity index (χ3v) is 1.32. The SMILES string of the molecule is O=C(O)c1cc(O)c(O)c(O)c1.[Ca+2].[H-].[H-]. The number of rotatable bonds is 1. The Hall–Kier alpha value is -0.650. The van der Waals surface area contributed by atoms with Crippen molar-refractivity contribution in [1.29, 1.82) is 0 Å². The Balaban J connectivity index is -0.000000480. The summed E-state index contributed by atoms with van der Waals surface area (Å²) in [6, 6.07) is 1.69. The molecule has 0 unspecified atom stereocenters. The number of benzene rings is 1. The maximum atomic E-state index is 10.3. The van der Waals surface area contributed by atoms with Crippen molar-refractivity contribution in [3.8, 4) is 17.2 Å². The zero-order valence-corrected chi connectivity index (χ0v) is 8.77. The van der Waals surface area contributed by atoms with Crippen LogP contribution in [0.1, 0.15) is 13.2 Å². The molecule has 4 N–H and O–H groups in total. The average molecular weight is 212 g/mol. The van der Waals surface area contributed by atoms with E-state index in [1.165, 1.54) is 0 Å². The molecule has 1 aromatic carbocycles. The van der Waals surface area contributed by atoms with Crippen LogP contribution in [0.2, 0.25) is 0 Å².